The van der Waals surface area contributed by atoms with E-state index in [4.69, 9.17) is 0 Å². The van der Waals surface area contributed by atoms with Crippen molar-refractivity contribution in [2.24, 2.45) is 10.8 Å². The first-order chi connectivity index (χ1) is 10.0. The molecule has 0 amide bonds. The summed E-state index contributed by atoms with van der Waals surface area (Å²) in [5.74, 6) is 0. The van der Waals surface area contributed by atoms with E-state index >= 15 is 0 Å². The smallest absolute Gasteiger partial charge is 0.147 e. The third kappa shape index (κ3) is 5.15. The van der Waals surface area contributed by atoms with Crippen molar-refractivity contribution in [2.45, 2.75) is 68.2 Å². The first-order valence-corrected chi connectivity index (χ1v) is 12.2. The summed E-state index contributed by atoms with van der Waals surface area (Å²) in [6.45, 7) is 19.0. The Morgan fingerprint density at radius 3 is 1.33 bits per heavy atom. The van der Waals surface area contributed by atoms with E-state index in [2.05, 4.69) is 79.7 Å². The van der Waals surface area contributed by atoms with Crippen molar-refractivity contribution in [3.63, 3.8) is 0 Å². The van der Waals surface area contributed by atoms with Crippen molar-refractivity contribution < 1.29 is 21.3 Å². The maximum atomic E-state index is 2.42. The average Bonchev–Trinajstić information content (AvgIpc) is 2.95. The first-order valence-electron chi connectivity index (χ1n) is 8.52. The van der Waals surface area contributed by atoms with Crippen LogP contribution in [0.25, 0.3) is 0 Å². The minimum Gasteiger partial charge on any atom is -0.147 e. The molecule has 0 N–H and O–H groups in total. The molecule has 2 aliphatic rings. The van der Waals surface area contributed by atoms with E-state index in [1.807, 2.05) is 6.56 Å². The minimum absolute atomic E-state index is 0. The Morgan fingerprint density at radius 1 is 0.750 bits per heavy atom. The van der Waals surface area contributed by atoms with Crippen LogP contribution in [0.15, 0.2) is 42.0 Å². The van der Waals surface area contributed by atoms with Gasteiger partial charge in [0.25, 0.3) is 0 Å². The van der Waals surface area contributed by atoms with Gasteiger partial charge in [-0.15, -0.1) is 24.8 Å². The molecular weight excluding hydrogens is 414 g/mol. The van der Waals surface area contributed by atoms with Crippen molar-refractivity contribution in [1.82, 2.24) is 0 Å². The zero-order chi connectivity index (χ0) is 16.7. The number of rotatable bonds is 2. The minimum atomic E-state index is -1.88. The normalized spacial score (nSPS) is 17.2. The summed E-state index contributed by atoms with van der Waals surface area (Å²) in [5.41, 5.74) is 3.82. The van der Waals surface area contributed by atoms with Crippen LogP contribution >= 0.6 is 24.8 Å². The second kappa shape index (κ2) is 8.79. The van der Waals surface area contributed by atoms with Crippen molar-refractivity contribution >= 4 is 28.0 Å². The SMILES string of the molecule is C[C](C)=[Zr]([C]1=C(C(C)(C)C)C=CC1)[C]1=C(C(C)(C)C)C=CC1.Cl.Cl. The molecule has 136 valence electrons. The third-order valence-corrected chi connectivity index (χ3v) is 12.3. The summed E-state index contributed by atoms with van der Waals surface area (Å²) in [6.07, 6.45) is 12.0. The van der Waals surface area contributed by atoms with Crippen LogP contribution in [0.4, 0.5) is 0 Å². The van der Waals surface area contributed by atoms with Gasteiger partial charge < -0.3 is 0 Å². The molecule has 0 fully saturated rings. The average molecular weight is 449 g/mol. The van der Waals surface area contributed by atoms with Gasteiger partial charge in [0.05, 0.1) is 0 Å². The first kappa shape index (κ1) is 24.3. The van der Waals surface area contributed by atoms with Crippen LogP contribution < -0.4 is 0 Å². The standard InChI is InChI=1S/2C9H13.C3H6.2ClH.Zr/c2*1-9(2,3)8-6-4-5-7-8;1-3-2;;;/h2*4,6H,5H2,1-3H3;1-2H3;2*1H;. The van der Waals surface area contributed by atoms with E-state index in [1.54, 1.807) is 14.4 Å². The molecule has 0 heterocycles. The predicted octanol–water partition coefficient (Wildman–Crippen LogP) is 7.18. The van der Waals surface area contributed by atoms with Gasteiger partial charge in [0.15, 0.2) is 0 Å². The number of halogens is 2. The Hall–Kier alpha value is 0.293. The van der Waals surface area contributed by atoms with Crippen LogP contribution in [-0.4, -0.2) is 3.21 Å². The molecule has 2 aliphatic carbocycles. The van der Waals surface area contributed by atoms with Crippen LogP contribution in [0.2, 0.25) is 0 Å². The van der Waals surface area contributed by atoms with E-state index in [1.165, 1.54) is 12.8 Å². The van der Waals surface area contributed by atoms with Gasteiger partial charge in [0, 0.05) is 0 Å². The molecule has 0 atom stereocenters. The molecule has 0 spiro atoms. The summed E-state index contributed by atoms with van der Waals surface area (Å²) in [4.78, 5) is 0. The monoisotopic (exact) mass is 446 g/mol. The summed E-state index contributed by atoms with van der Waals surface area (Å²) in [6, 6.07) is 0. The Bertz CT molecular complexity index is 576. The molecule has 3 heteroatoms. The maximum Gasteiger partial charge on any atom is -0.147 e. The van der Waals surface area contributed by atoms with Gasteiger partial charge >= 0.3 is 146 Å². The Morgan fingerprint density at radius 2 is 1.08 bits per heavy atom. The van der Waals surface area contributed by atoms with Crippen molar-refractivity contribution in [3.8, 4) is 0 Å². The zero-order valence-corrected chi connectivity index (χ0v) is 20.6. The van der Waals surface area contributed by atoms with Crippen LogP contribution in [0, 0.1) is 10.8 Å². The number of hydrogen-bond donors (Lipinski definition) is 0. The third-order valence-electron chi connectivity index (χ3n) is 4.58. The summed E-state index contributed by atoms with van der Waals surface area (Å²) in [7, 11) is 0. The molecule has 0 aliphatic heterocycles. The van der Waals surface area contributed by atoms with E-state index in [9.17, 15) is 0 Å². The van der Waals surface area contributed by atoms with Gasteiger partial charge in [-0.3, -0.25) is 0 Å². The van der Waals surface area contributed by atoms with E-state index in [0.717, 1.165) is 0 Å². The molecule has 0 unspecified atom stereocenters. The molecule has 0 nitrogen and oxygen atoms in total. The van der Waals surface area contributed by atoms with Gasteiger partial charge in [-0.1, -0.05) is 0 Å². The molecule has 0 saturated carbocycles. The quantitative estimate of drug-likeness (QED) is 0.420. The topological polar surface area (TPSA) is 0 Å². The molecule has 24 heavy (non-hydrogen) atoms. The molecule has 0 aromatic carbocycles. The Balaban J connectivity index is 0.00000264. The van der Waals surface area contributed by atoms with Crippen molar-refractivity contribution in [1.29, 1.82) is 0 Å². The molecule has 0 bridgehead atoms. The van der Waals surface area contributed by atoms with Gasteiger partial charge in [0.2, 0.25) is 0 Å². The van der Waals surface area contributed by atoms with E-state index in [-0.39, 0.29) is 35.6 Å². The van der Waals surface area contributed by atoms with Gasteiger partial charge in [-0.2, -0.15) is 0 Å². The summed E-state index contributed by atoms with van der Waals surface area (Å²) < 4.78 is 5.38. The second-order valence-electron chi connectivity index (χ2n) is 8.87. The van der Waals surface area contributed by atoms with Gasteiger partial charge in [-0.05, 0) is 0 Å². The van der Waals surface area contributed by atoms with Crippen LogP contribution in [-0.2, 0) is 21.3 Å². The number of allylic oxidation sites excluding steroid dienone is 8. The fourth-order valence-corrected chi connectivity index (χ4v) is 12.7. The Labute approximate surface area is 169 Å². The van der Waals surface area contributed by atoms with Crippen molar-refractivity contribution in [3.05, 3.63) is 42.0 Å². The maximum absolute atomic E-state index is 2.42. The van der Waals surface area contributed by atoms with Crippen LogP contribution in [0.1, 0.15) is 68.2 Å². The fourth-order valence-electron chi connectivity index (χ4n) is 3.67. The van der Waals surface area contributed by atoms with Gasteiger partial charge in [-0.25, -0.2) is 0 Å². The summed E-state index contributed by atoms with van der Waals surface area (Å²) in [5, 5.41) is 0. The molecule has 0 aromatic rings. The van der Waals surface area contributed by atoms with E-state index in [0.29, 0.717) is 0 Å². The summed E-state index contributed by atoms with van der Waals surface area (Å²) >= 11 is -1.88. The van der Waals surface area contributed by atoms with Crippen LogP contribution in [0.5, 0.6) is 0 Å². The van der Waals surface area contributed by atoms with Gasteiger partial charge in [0.1, 0.15) is 0 Å². The van der Waals surface area contributed by atoms with E-state index < -0.39 is 21.3 Å². The molecular formula is C21H34Cl2Zr. The fraction of sp³-hybridized carbons (Fsp3) is 0.571. The molecule has 0 radical (unpaired) electrons. The molecule has 0 aromatic heterocycles. The van der Waals surface area contributed by atoms with Crippen LogP contribution in [0.3, 0.4) is 0 Å². The number of hydrogen-bond acceptors (Lipinski definition) is 0. The zero-order valence-electron chi connectivity index (χ0n) is 16.5. The predicted molar refractivity (Wildman–Crippen MR) is 111 cm³/mol. The Kier molecular flexibility index (Phi) is 8.90. The second-order valence-corrected chi connectivity index (χ2v) is 16.1. The largest absolute Gasteiger partial charge is 0.147 e. The molecule has 2 rings (SSSR count). The van der Waals surface area contributed by atoms with Crippen molar-refractivity contribution in [2.75, 3.05) is 0 Å². The molecule has 0 saturated heterocycles.